The van der Waals surface area contributed by atoms with E-state index in [2.05, 4.69) is 0 Å². The minimum atomic E-state index is -0.353. The molecule has 3 aliphatic rings. The fourth-order valence-corrected chi connectivity index (χ4v) is 3.87. The lowest BCUT2D eigenvalue weighted by molar-refractivity contribution is -0.124. The first-order chi connectivity index (χ1) is 10.7. The lowest BCUT2D eigenvalue weighted by Crippen LogP contribution is -2.34. The Morgan fingerprint density at radius 3 is 2.09 bits per heavy atom. The molecule has 23 heavy (non-hydrogen) atoms. The van der Waals surface area contributed by atoms with Gasteiger partial charge in [0.15, 0.2) is 0 Å². The minimum absolute atomic E-state index is 0. The monoisotopic (exact) mass is 307 g/mol. The maximum absolute atomic E-state index is 12.7. The molecule has 3 heterocycles. The molecule has 4 heteroatoms. The van der Waals surface area contributed by atoms with Crippen molar-refractivity contribution in [2.45, 2.75) is 19.6 Å². The quantitative estimate of drug-likeness (QED) is 0.601. The van der Waals surface area contributed by atoms with Gasteiger partial charge in [-0.1, -0.05) is 49.9 Å². The SMILES string of the molecule is C.O=C1C2C3C=CC(O3)[C@H]2C(=O)N1c1ccc2ccccc2c1. The number of imide groups is 1. The van der Waals surface area contributed by atoms with E-state index in [1.54, 1.807) is 0 Å². The van der Waals surface area contributed by atoms with Crippen LogP contribution in [0.1, 0.15) is 7.43 Å². The summed E-state index contributed by atoms with van der Waals surface area (Å²) in [7, 11) is 0. The van der Waals surface area contributed by atoms with Crippen LogP contribution in [0.2, 0.25) is 0 Å². The molecule has 0 N–H and O–H groups in total. The topological polar surface area (TPSA) is 46.6 Å². The van der Waals surface area contributed by atoms with E-state index in [0.717, 1.165) is 10.8 Å². The number of carbonyl (C=O) groups is 2. The van der Waals surface area contributed by atoms with E-state index in [-0.39, 0.29) is 43.3 Å². The standard InChI is InChI=1S/C18H13NO3.CH4/c20-17-15-13-7-8-14(22-13)16(15)18(21)19(17)12-6-5-10-3-1-2-4-11(10)9-12;/h1-9,13-16H;1H4/t13?,14?,15-,16?;/m1./s1. The van der Waals surface area contributed by atoms with Gasteiger partial charge in [-0.3, -0.25) is 9.59 Å². The molecule has 2 bridgehead atoms. The number of benzene rings is 2. The van der Waals surface area contributed by atoms with Crippen molar-refractivity contribution in [3.05, 3.63) is 54.6 Å². The van der Waals surface area contributed by atoms with Crippen molar-refractivity contribution in [3.8, 4) is 0 Å². The maximum Gasteiger partial charge on any atom is 0.240 e. The van der Waals surface area contributed by atoms with E-state index >= 15 is 0 Å². The van der Waals surface area contributed by atoms with Crippen LogP contribution >= 0.6 is 0 Å². The number of amides is 2. The second-order valence-electron chi connectivity index (χ2n) is 6.05. The molecule has 0 spiro atoms. The number of hydrogen-bond acceptors (Lipinski definition) is 3. The first-order valence-corrected chi connectivity index (χ1v) is 7.44. The molecule has 4 nitrogen and oxygen atoms in total. The molecule has 0 radical (unpaired) electrons. The average Bonchev–Trinajstić information content (AvgIpc) is 3.21. The van der Waals surface area contributed by atoms with Crippen LogP contribution < -0.4 is 4.90 Å². The lowest BCUT2D eigenvalue weighted by atomic mass is 9.85. The molecule has 116 valence electrons. The molecule has 4 atom stereocenters. The van der Waals surface area contributed by atoms with E-state index in [4.69, 9.17) is 4.74 Å². The zero-order valence-electron chi connectivity index (χ0n) is 11.7. The summed E-state index contributed by atoms with van der Waals surface area (Å²) in [5.41, 5.74) is 0.655. The van der Waals surface area contributed by atoms with Crippen molar-refractivity contribution in [1.82, 2.24) is 0 Å². The van der Waals surface area contributed by atoms with E-state index in [1.807, 2.05) is 54.6 Å². The van der Waals surface area contributed by atoms with Crippen molar-refractivity contribution in [2.24, 2.45) is 11.8 Å². The third-order valence-corrected chi connectivity index (χ3v) is 4.90. The first-order valence-electron chi connectivity index (χ1n) is 7.44. The van der Waals surface area contributed by atoms with Gasteiger partial charge in [0.1, 0.15) is 0 Å². The van der Waals surface area contributed by atoms with Crippen LogP contribution in [-0.4, -0.2) is 24.0 Å². The Morgan fingerprint density at radius 2 is 1.43 bits per heavy atom. The highest BCUT2D eigenvalue weighted by Gasteiger charge is 2.60. The summed E-state index contributed by atoms with van der Waals surface area (Å²) in [6.07, 6.45) is 3.33. The van der Waals surface area contributed by atoms with Crippen LogP contribution in [0.15, 0.2) is 54.6 Å². The van der Waals surface area contributed by atoms with E-state index in [9.17, 15) is 9.59 Å². The normalized spacial score (nSPS) is 30.9. The molecule has 2 saturated heterocycles. The highest BCUT2D eigenvalue weighted by Crippen LogP contribution is 2.46. The van der Waals surface area contributed by atoms with Gasteiger partial charge in [0.05, 0.1) is 29.7 Å². The van der Waals surface area contributed by atoms with Gasteiger partial charge in [-0.25, -0.2) is 4.90 Å². The summed E-state index contributed by atoms with van der Waals surface area (Å²) in [4.78, 5) is 26.8. The smallest absolute Gasteiger partial charge is 0.240 e. The number of nitrogens with zero attached hydrogens (tertiary/aromatic N) is 1. The molecule has 0 saturated carbocycles. The molecule has 2 fully saturated rings. The Labute approximate surface area is 134 Å². The van der Waals surface area contributed by atoms with Crippen molar-refractivity contribution in [1.29, 1.82) is 0 Å². The fourth-order valence-electron chi connectivity index (χ4n) is 3.87. The Kier molecular flexibility index (Phi) is 2.93. The molecule has 2 amide bonds. The maximum atomic E-state index is 12.7. The molecule has 5 rings (SSSR count). The van der Waals surface area contributed by atoms with Gasteiger partial charge >= 0.3 is 0 Å². The molecule has 0 aliphatic carbocycles. The molecular formula is C19H17NO3. The van der Waals surface area contributed by atoms with Crippen molar-refractivity contribution in [2.75, 3.05) is 4.90 Å². The first kappa shape index (κ1) is 14.2. The summed E-state index contributed by atoms with van der Waals surface area (Å²) < 4.78 is 5.66. The molecule has 2 aromatic rings. The summed E-state index contributed by atoms with van der Waals surface area (Å²) >= 11 is 0. The molecular weight excluding hydrogens is 290 g/mol. The van der Waals surface area contributed by atoms with Crippen LogP contribution in [0.3, 0.4) is 0 Å². The lowest BCUT2D eigenvalue weighted by Gasteiger charge is -2.18. The van der Waals surface area contributed by atoms with Crippen LogP contribution in [0, 0.1) is 11.8 Å². The van der Waals surface area contributed by atoms with E-state index in [0.29, 0.717) is 5.69 Å². The molecule has 3 unspecified atom stereocenters. The zero-order valence-corrected chi connectivity index (χ0v) is 11.7. The largest absolute Gasteiger partial charge is 0.365 e. The van der Waals surface area contributed by atoms with Gasteiger partial charge in [0.25, 0.3) is 0 Å². The number of ether oxygens (including phenoxy) is 1. The number of carbonyl (C=O) groups excluding carboxylic acids is 2. The van der Waals surface area contributed by atoms with Crippen LogP contribution in [-0.2, 0) is 14.3 Å². The van der Waals surface area contributed by atoms with Gasteiger partial charge in [-0.2, -0.15) is 0 Å². The number of fused-ring (bicyclic) bond motifs is 6. The van der Waals surface area contributed by atoms with E-state index in [1.165, 1.54) is 4.90 Å². The Balaban J connectivity index is 0.00000135. The Bertz CT molecular complexity index is 827. The van der Waals surface area contributed by atoms with Gasteiger partial charge in [0.2, 0.25) is 11.8 Å². The Morgan fingerprint density at radius 1 is 0.826 bits per heavy atom. The predicted octanol–water partition coefficient (Wildman–Crippen LogP) is 2.92. The Hall–Kier alpha value is -2.46. The third kappa shape index (κ3) is 1.75. The second kappa shape index (κ2) is 4.77. The average molecular weight is 307 g/mol. The zero-order chi connectivity index (χ0) is 14.8. The van der Waals surface area contributed by atoms with Gasteiger partial charge < -0.3 is 4.74 Å². The van der Waals surface area contributed by atoms with Crippen LogP contribution in [0.4, 0.5) is 5.69 Å². The summed E-state index contributed by atoms with van der Waals surface area (Å²) in [5.74, 6) is -0.979. The third-order valence-electron chi connectivity index (χ3n) is 4.90. The molecule has 2 aromatic carbocycles. The highest BCUT2D eigenvalue weighted by atomic mass is 16.5. The van der Waals surface area contributed by atoms with Gasteiger partial charge in [-0.15, -0.1) is 0 Å². The number of hydrogen-bond donors (Lipinski definition) is 0. The van der Waals surface area contributed by atoms with E-state index < -0.39 is 0 Å². The fraction of sp³-hybridized carbons (Fsp3) is 0.263. The van der Waals surface area contributed by atoms with Gasteiger partial charge in [-0.05, 0) is 22.9 Å². The van der Waals surface area contributed by atoms with Crippen molar-refractivity contribution < 1.29 is 14.3 Å². The van der Waals surface area contributed by atoms with Crippen molar-refractivity contribution >= 4 is 28.3 Å². The number of rotatable bonds is 1. The summed E-state index contributed by atoms with van der Waals surface area (Å²) in [5, 5.41) is 2.12. The second-order valence-corrected chi connectivity index (χ2v) is 6.05. The van der Waals surface area contributed by atoms with Crippen LogP contribution in [0.5, 0.6) is 0 Å². The van der Waals surface area contributed by atoms with Crippen LogP contribution in [0.25, 0.3) is 10.8 Å². The highest BCUT2D eigenvalue weighted by molar-refractivity contribution is 6.23. The molecule has 3 aliphatic heterocycles. The summed E-state index contributed by atoms with van der Waals surface area (Å²) in [6.45, 7) is 0. The van der Waals surface area contributed by atoms with Gasteiger partial charge in [0, 0.05) is 0 Å². The number of anilines is 1. The minimum Gasteiger partial charge on any atom is -0.365 e. The summed E-state index contributed by atoms with van der Waals surface area (Å²) in [6, 6.07) is 13.6. The van der Waals surface area contributed by atoms with Crippen molar-refractivity contribution in [3.63, 3.8) is 0 Å². The predicted molar refractivity (Wildman–Crippen MR) is 88.0 cm³/mol. The molecule has 0 aromatic heterocycles.